The topological polar surface area (TPSA) is 152 Å². The van der Waals surface area contributed by atoms with Crippen molar-refractivity contribution in [3.05, 3.63) is 0 Å². The fourth-order valence-electron chi connectivity index (χ4n) is 0.601. The van der Waals surface area contributed by atoms with Crippen molar-refractivity contribution >= 4 is 15.6 Å². The number of phosphoric ester groups is 2. The standard InChI is InChI=1S/C4H12O10P2/c1-4(13-15(7,8)11-2-5)14-16(9,10)12-3-6/h4-6H,2-3H2,1H3,(H,7,8)(H,9,10). The number of rotatable bonds is 8. The molecule has 0 aliphatic heterocycles. The van der Waals surface area contributed by atoms with E-state index in [2.05, 4.69) is 18.1 Å². The molecule has 2 unspecified atom stereocenters. The Bertz CT molecular complexity index is 263. The van der Waals surface area contributed by atoms with Crippen LogP contribution in [0, 0.1) is 0 Å². The van der Waals surface area contributed by atoms with Crippen molar-refractivity contribution in [3.63, 3.8) is 0 Å². The molecular weight excluding hydrogens is 270 g/mol. The molecular formula is C4H12O10P2. The zero-order valence-corrected chi connectivity index (χ0v) is 9.91. The lowest BCUT2D eigenvalue weighted by Gasteiger charge is -2.18. The summed E-state index contributed by atoms with van der Waals surface area (Å²) >= 11 is 0. The average Bonchev–Trinajstić information content (AvgIpc) is 1.99. The highest BCUT2D eigenvalue weighted by Crippen LogP contribution is 2.49. The lowest BCUT2D eigenvalue weighted by molar-refractivity contribution is -0.0503. The summed E-state index contributed by atoms with van der Waals surface area (Å²) in [4.78, 5) is 17.6. The van der Waals surface area contributed by atoms with Crippen LogP contribution in [0.2, 0.25) is 0 Å². The molecule has 0 aromatic heterocycles. The van der Waals surface area contributed by atoms with Crippen molar-refractivity contribution in [2.45, 2.75) is 13.2 Å². The first kappa shape index (κ1) is 16.1. The Labute approximate surface area is 90.6 Å². The third kappa shape index (κ3) is 7.42. The summed E-state index contributed by atoms with van der Waals surface area (Å²) in [5.41, 5.74) is 0. The fraction of sp³-hybridized carbons (Fsp3) is 1.00. The van der Waals surface area contributed by atoms with E-state index in [1.807, 2.05) is 0 Å². The van der Waals surface area contributed by atoms with E-state index >= 15 is 0 Å². The Morgan fingerprint density at radius 3 is 1.56 bits per heavy atom. The summed E-state index contributed by atoms with van der Waals surface area (Å²) in [6.07, 6.45) is -1.63. The highest BCUT2D eigenvalue weighted by atomic mass is 31.2. The number of aliphatic hydroxyl groups is 2. The van der Waals surface area contributed by atoms with Gasteiger partial charge in [0.05, 0.1) is 0 Å². The minimum Gasteiger partial charge on any atom is -0.370 e. The summed E-state index contributed by atoms with van der Waals surface area (Å²) in [5, 5.41) is 16.4. The molecule has 98 valence electrons. The molecule has 0 fully saturated rings. The largest absolute Gasteiger partial charge is 0.476 e. The van der Waals surface area contributed by atoms with Crippen LogP contribution in [0.4, 0.5) is 0 Å². The van der Waals surface area contributed by atoms with Crippen LogP contribution in [-0.4, -0.2) is 39.9 Å². The first-order valence-electron chi connectivity index (χ1n) is 3.75. The van der Waals surface area contributed by atoms with Crippen LogP contribution >= 0.6 is 15.6 Å². The van der Waals surface area contributed by atoms with Gasteiger partial charge >= 0.3 is 15.6 Å². The maximum absolute atomic E-state index is 10.9. The van der Waals surface area contributed by atoms with Crippen LogP contribution in [-0.2, 0) is 27.2 Å². The molecule has 0 saturated heterocycles. The molecule has 0 bridgehead atoms. The monoisotopic (exact) mass is 282 g/mol. The Hall–Kier alpha value is 0.140. The molecule has 10 nitrogen and oxygen atoms in total. The van der Waals surface area contributed by atoms with Gasteiger partial charge in [-0.05, 0) is 6.92 Å². The van der Waals surface area contributed by atoms with E-state index < -0.39 is 35.5 Å². The smallest absolute Gasteiger partial charge is 0.370 e. The van der Waals surface area contributed by atoms with Gasteiger partial charge in [-0.15, -0.1) is 0 Å². The van der Waals surface area contributed by atoms with Gasteiger partial charge in [0.25, 0.3) is 0 Å². The molecule has 2 atom stereocenters. The van der Waals surface area contributed by atoms with Gasteiger partial charge in [0.1, 0.15) is 0 Å². The van der Waals surface area contributed by atoms with Crippen molar-refractivity contribution in [2.24, 2.45) is 0 Å². The zero-order chi connectivity index (χ0) is 12.8. The molecule has 16 heavy (non-hydrogen) atoms. The molecule has 0 amide bonds. The van der Waals surface area contributed by atoms with E-state index in [1.54, 1.807) is 0 Å². The SMILES string of the molecule is CC(OP(=O)(O)OCO)OP(=O)(O)OCO. The summed E-state index contributed by atoms with van der Waals surface area (Å²) < 4.78 is 37.9. The van der Waals surface area contributed by atoms with Crippen molar-refractivity contribution in [1.82, 2.24) is 0 Å². The van der Waals surface area contributed by atoms with Gasteiger partial charge in [0.2, 0.25) is 0 Å². The molecule has 0 spiro atoms. The fourth-order valence-corrected chi connectivity index (χ4v) is 1.92. The van der Waals surface area contributed by atoms with Gasteiger partial charge in [0, 0.05) is 0 Å². The first-order valence-corrected chi connectivity index (χ1v) is 6.74. The molecule has 0 heterocycles. The van der Waals surface area contributed by atoms with E-state index in [4.69, 9.17) is 20.0 Å². The second-order valence-corrected chi connectivity index (χ2v) is 5.04. The molecule has 12 heteroatoms. The predicted molar refractivity (Wildman–Crippen MR) is 47.6 cm³/mol. The molecule has 0 aliphatic rings. The third-order valence-corrected chi connectivity index (χ3v) is 3.02. The quantitative estimate of drug-likeness (QED) is 0.338. The van der Waals surface area contributed by atoms with Crippen molar-refractivity contribution in [2.75, 3.05) is 13.6 Å². The number of hydrogen-bond donors (Lipinski definition) is 4. The van der Waals surface area contributed by atoms with Gasteiger partial charge in [0.15, 0.2) is 19.9 Å². The van der Waals surface area contributed by atoms with Crippen LogP contribution in [0.25, 0.3) is 0 Å². The van der Waals surface area contributed by atoms with E-state index in [0.717, 1.165) is 6.92 Å². The third-order valence-electron chi connectivity index (χ3n) is 1.01. The van der Waals surface area contributed by atoms with E-state index in [9.17, 15) is 9.13 Å². The summed E-state index contributed by atoms with van der Waals surface area (Å²) in [7, 11) is -9.16. The second kappa shape index (κ2) is 6.77. The van der Waals surface area contributed by atoms with Crippen molar-refractivity contribution < 1.29 is 47.2 Å². The van der Waals surface area contributed by atoms with Crippen LogP contribution in [0.1, 0.15) is 6.92 Å². The number of phosphoric acid groups is 2. The van der Waals surface area contributed by atoms with Crippen LogP contribution in [0.15, 0.2) is 0 Å². The minimum atomic E-state index is -4.58. The van der Waals surface area contributed by atoms with E-state index in [1.165, 1.54) is 0 Å². The van der Waals surface area contributed by atoms with E-state index in [-0.39, 0.29) is 0 Å². The van der Waals surface area contributed by atoms with Crippen LogP contribution < -0.4 is 0 Å². The Morgan fingerprint density at radius 1 is 1.00 bits per heavy atom. The minimum absolute atomic E-state index is 1.01. The highest BCUT2D eigenvalue weighted by Gasteiger charge is 2.30. The Morgan fingerprint density at radius 2 is 1.31 bits per heavy atom. The lowest BCUT2D eigenvalue weighted by atomic mass is 10.8. The maximum atomic E-state index is 10.9. The predicted octanol–water partition coefficient (Wildman–Crippen LogP) is -0.501. The Kier molecular flexibility index (Phi) is 6.83. The first-order chi connectivity index (χ1) is 7.22. The number of hydrogen-bond acceptors (Lipinski definition) is 8. The second-order valence-electron chi connectivity index (χ2n) is 2.23. The highest BCUT2D eigenvalue weighted by molar-refractivity contribution is 7.48. The van der Waals surface area contributed by atoms with Crippen LogP contribution in [0.5, 0.6) is 0 Å². The summed E-state index contributed by atoms with van der Waals surface area (Å²) in [5.74, 6) is 0. The van der Waals surface area contributed by atoms with Gasteiger partial charge in [-0.25, -0.2) is 9.13 Å². The average molecular weight is 282 g/mol. The summed E-state index contributed by atoms with van der Waals surface area (Å²) in [6, 6.07) is 0. The molecule has 0 aliphatic carbocycles. The molecule has 0 aromatic rings. The normalized spacial score (nSPS) is 21.1. The van der Waals surface area contributed by atoms with Gasteiger partial charge < -0.3 is 20.0 Å². The molecule has 0 aromatic carbocycles. The maximum Gasteiger partial charge on any atom is 0.476 e. The molecule has 0 rings (SSSR count). The van der Waals surface area contributed by atoms with E-state index in [0.29, 0.717) is 0 Å². The van der Waals surface area contributed by atoms with Crippen LogP contribution in [0.3, 0.4) is 0 Å². The molecule has 4 N–H and O–H groups in total. The number of aliphatic hydroxyl groups excluding tert-OH is 2. The summed E-state index contributed by atoms with van der Waals surface area (Å²) in [6.45, 7) is -1.15. The van der Waals surface area contributed by atoms with Crippen molar-refractivity contribution in [1.29, 1.82) is 0 Å². The van der Waals surface area contributed by atoms with Gasteiger partial charge in [-0.3, -0.25) is 18.1 Å². The Balaban J connectivity index is 4.22. The zero-order valence-electron chi connectivity index (χ0n) is 8.12. The van der Waals surface area contributed by atoms with Crippen molar-refractivity contribution in [3.8, 4) is 0 Å². The van der Waals surface area contributed by atoms with Gasteiger partial charge in [-0.1, -0.05) is 0 Å². The van der Waals surface area contributed by atoms with Gasteiger partial charge in [-0.2, -0.15) is 0 Å². The lowest BCUT2D eigenvalue weighted by Crippen LogP contribution is -2.12. The molecule has 0 radical (unpaired) electrons. The molecule has 0 saturated carbocycles.